The van der Waals surface area contributed by atoms with Crippen LogP contribution < -0.4 is 5.32 Å². The van der Waals surface area contributed by atoms with Gasteiger partial charge < -0.3 is 10.1 Å². The molecule has 0 bridgehead atoms. The van der Waals surface area contributed by atoms with E-state index < -0.39 is 0 Å². The van der Waals surface area contributed by atoms with Crippen LogP contribution in [0.15, 0.2) is 24.0 Å². The van der Waals surface area contributed by atoms with Crippen molar-refractivity contribution in [1.29, 1.82) is 0 Å². The highest BCUT2D eigenvalue weighted by Gasteiger charge is 2.21. The highest BCUT2D eigenvalue weighted by Crippen LogP contribution is 2.33. The van der Waals surface area contributed by atoms with E-state index in [1.165, 1.54) is 4.88 Å². The third-order valence-electron chi connectivity index (χ3n) is 2.30. The zero-order chi connectivity index (χ0) is 10.7. The number of ether oxygens (including phenoxy) is 1. The Balaban J connectivity index is 2.18. The number of halogens is 1. The lowest BCUT2D eigenvalue weighted by molar-refractivity contribution is 0.217. The average Bonchev–Trinajstić information content (AvgIpc) is 2.85. The first-order valence-electron chi connectivity index (χ1n) is 5.12. The zero-order valence-corrected chi connectivity index (χ0v) is 10.2. The summed E-state index contributed by atoms with van der Waals surface area (Å²) >= 11 is 7.55. The van der Waals surface area contributed by atoms with Gasteiger partial charge in [0.15, 0.2) is 0 Å². The summed E-state index contributed by atoms with van der Waals surface area (Å²) in [5.74, 6) is 1.04. The molecule has 2 rings (SSSR count). The topological polar surface area (TPSA) is 21.3 Å². The Labute approximate surface area is 98.9 Å². The monoisotopic (exact) mass is 243 g/mol. The molecule has 0 amide bonds. The van der Waals surface area contributed by atoms with Gasteiger partial charge in [0.05, 0.1) is 17.0 Å². The number of rotatable bonds is 4. The van der Waals surface area contributed by atoms with Gasteiger partial charge in [0, 0.05) is 11.3 Å². The van der Waals surface area contributed by atoms with E-state index in [-0.39, 0.29) is 6.04 Å². The predicted molar refractivity (Wildman–Crippen MR) is 64.4 cm³/mol. The van der Waals surface area contributed by atoms with Crippen LogP contribution in [0.1, 0.15) is 24.3 Å². The molecule has 2 heterocycles. The smallest absolute Gasteiger partial charge is 0.114 e. The molecule has 1 aromatic rings. The average molecular weight is 244 g/mol. The van der Waals surface area contributed by atoms with Crippen LogP contribution in [0.4, 0.5) is 0 Å². The standard InChI is InChI=1S/C11H14ClNOS/c1-2-13-11(8-4-3-7-14-8)9-5-6-10(12)15-9/h4-6,11,13H,2-3,7H2,1H3. The van der Waals surface area contributed by atoms with Crippen LogP contribution in [0.5, 0.6) is 0 Å². The van der Waals surface area contributed by atoms with E-state index in [0.29, 0.717) is 0 Å². The maximum Gasteiger partial charge on any atom is 0.114 e. The van der Waals surface area contributed by atoms with Gasteiger partial charge in [-0.05, 0) is 24.8 Å². The summed E-state index contributed by atoms with van der Waals surface area (Å²) in [7, 11) is 0. The van der Waals surface area contributed by atoms with Gasteiger partial charge in [-0.1, -0.05) is 18.5 Å². The third kappa shape index (κ3) is 2.54. The molecule has 1 atom stereocenters. The molecule has 1 aromatic heterocycles. The molecule has 82 valence electrons. The Morgan fingerprint density at radius 2 is 2.47 bits per heavy atom. The summed E-state index contributed by atoms with van der Waals surface area (Å²) in [4.78, 5) is 1.22. The molecule has 0 radical (unpaired) electrons. The SMILES string of the molecule is CCNC(C1=CCCO1)c1ccc(Cl)s1. The molecule has 15 heavy (non-hydrogen) atoms. The molecule has 1 N–H and O–H groups in total. The predicted octanol–water partition coefficient (Wildman–Crippen LogP) is 3.36. The second-order valence-electron chi connectivity index (χ2n) is 3.38. The van der Waals surface area contributed by atoms with Crippen molar-refractivity contribution in [3.05, 3.63) is 33.2 Å². The Hall–Kier alpha value is -0.510. The molecule has 1 unspecified atom stereocenters. The van der Waals surface area contributed by atoms with E-state index in [4.69, 9.17) is 16.3 Å². The van der Waals surface area contributed by atoms with Crippen LogP contribution in [0, 0.1) is 0 Å². The van der Waals surface area contributed by atoms with Crippen molar-refractivity contribution in [2.24, 2.45) is 0 Å². The van der Waals surface area contributed by atoms with E-state index in [2.05, 4.69) is 24.4 Å². The number of hydrogen-bond acceptors (Lipinski definition) is 3. The van der Waals surface area contributed by atoms with E-state index >= 15 is 0 Å². The molecule has 0 aliphatic carbocycles. The lowest BCUT2D eigenvalue weighted by Gasteiger charge is -2.17. The van der Waals surface area contributed by atoms with Crippen LogP contribution in [0.25, 0.3) is 0 Å². The van der Waals surface area contributed by atoms with Crippen molar-refractivity contribution in [3.8, 4) is 0 Å². The van der Waals surface area contributed by atoms with E-state index in [1.807, 2.05) is 6.07 Å². The fourth-order valence-corrected chi connectivity index (χ4v) is 2.81. The lowest BCUT2D eigenvalue weighted by Crippen LogP contribution is -2.22. The second kappa shape index (κ2) is 5.01. The summed E-state index contributed by atoms with van der Waals surface area (Å²) in [6.07, 6.45) is 3.16. The highest BCUT2D eigenvalue weighted by atomic mass is 35.5. The molecule has 0 aromatic carbocycles. The fraction of sp³-hybridized carbons (Fsp3) is 0.455. The summed E-state index contributed by atoms with van der Waals surface area (Å²) in [6.45, 7) is 3.81. The van der Waals surface area contributed by atoms with Crippen molar-refractivity contribution < 1.29 is 4.74 Å². The molecule has 0 saturated carbocycles. The molecule has 2 nitrogen and oxygen atoms in total. The summed E-state index contributed by atoms with van der Waals surface area (Å²) in [5, 5.41) is 3.41. The molecule has 0 saturated heterocycles. The van der Waals surface area contributed by atoms with Gasteiger partial charge in [-0.15, -0.1) is 11.3 Å². The molecule has 1 aliphatic rings. The van der Waals surface area contributed by atoms with E-state index in [9.17, 15) is 0 Å². The fourth-order valence-electron chi connectivity index (χ4n) is 1.67. The Morgan fingerprint density at radius 1 is 1.60 bits per heavy atom. The molecular formula is C11H14ClNOS. The van der Waals surface area contributed by atoms with Crippen LogP contribution in [0.3, 0.4) is 0 Å². The quantitative estimate of drug-likeness (QED) is 0.876. The van der Waals surface area contributed by atoms with Gasteiger partial charge in [0.1, 0.15) is 5.76 Å². The minimum Gasteiger partial charge on any atom is -0.496 e. The summed E-state index contributed by atoms with van der Waals surface area (Å²) in [6, 6.07) is 4.17. The van der Waals surface area contributed by atoms with Crippen LogP contribution in [-0.4, -0.2) is 13.2 Å². The zero-order valence-electron chi connectivity index (χ0n) is 8.63. The van der Waals surface area contributed by atoms with Crippen molar-refractivity contribution in [1.82, 2.24) is 5.32 Å². The molecular weight excluding hydrogens is 230 g/mol. The van der Waals surface area contributed by atoms with Gasteiger partial charge in [-0.2, -0.15) is 0 Å². The van der Waals surface area contributed by atoms with Crippen molar-refractivity contribution >= 4 is 22.9 Å². The molecule has 0 fully saturated rings. The summed E-state index contributed by atoms with van der Waals surface area (Å²) in [5.41, 5.74) is 0. The highest BCUT2D eigenvalue weighted by molar-refractivity contribution is 7.16. The van der Waals surface area contributed by atoms with E-state index in [0.717, 1.165) is 29.7 Å². The number of thiophene rings is 1. The number of hydrogen-bond donors (Lipinski definition) is 1. The number of likely N-dealkylation sites (N-methyl/N-ethyl adjacent to an activating group) is 1. The van der Waals surface area contributed by atoms with Crippen molar-refractivity contribution in [2.75, 3.05) is 13.2 Å². The van der Waals surface area contributed by atoms with Crippen LogP contribution >= 0.6 is 22.9 Å². The first kappa shape index (κ1) is 11.0. The lowest BCUT2D eigenvalue weighted by atomic mass is 10.2. The maximum absolute atomic E-state index is 5.94. The first-order valence-corrected chi connectivity index (χ1v) is 6.32. The number of nitrogens with one attached hydrogen (secondary N) is 1. The Bertz CT molecular complexity index is 361. The van der Waals surface area contributed by atoms with Crippen LogP contribution in [-0.2, 0) is 4.74 Å². The Kier molecular flexibility index (Phi) is 3.67. The van der Waals surface area contributed by atoms with Crippen molar-refractivity contribution in [3.63, 3.8) is 0 Å². The van der Waals surface area contributed by atoms with Crippen LogP contribution in [0.2, 0.25) is 4.34 Å². The van der Waals surface area contributed by atoms with E-state index in [1.54, 1.807) is 11.3 Å². The van der Waals surface area contributed by atoms with Gasteiger partial charge >= 0.3 is 0 Å². The van der Waals surface area contributed by atoms with Gasteiger partial charge in [0.25, 0.3) is 0 Å². The van der Waals surface area contributed by atoms with Gasteiger partial charge in [-0.25, -0.2) is 0 Å². The second-order valence-corrected chi connectivity index (χ2v) is 5.12. The minimum absolute atomic E-state index is 0.176. The molecule has 4 heteroatoms. The first-order chi connectivity index (χ1) is 7.31. The minimum atomic E-state index is 0.176. The normalized spacial score (nSPS) is 17.3. The third-order valence-corrected chi connectivity index (χ3v) is 3.60. The largest absolute Gasteiger partial charge is 0.496 e. The Morgan fingerprint density at radius 3 is 3.00 bits per heavy atom. The van der Waals surface area contributed by atoms with Crippen molar-refractivity contribution in [2.45, 2.75) is 19.4 Å². The van der Waals surface area contributed by atoms with Gasteiger partial charge in [-0.3, -0.25) is 0 Å². The maximum atomic E-state index is 5.94. The van der Waals surface area contributed by atoms with Gasteiger partial charge in [0.2, 0.25) is 0 Å². The molecule has 0 spiro atoms. The molecule has 1 aliphatic heterocycles. The summed E-state index contributed by atoms with van der Waals surface area (Å²) < 4.78 is 6.42.